The summed E-state index contributed by atoms with van der Waals surface area (Å²) in [5.41, 5.74) is 7.09. The number of fused-ring (bicyclic) bond motifs is 2. The van der Waals surface area contributed by atoms with Crippen molar-refractivity contribution < 1.29 is 0 Å². The highest BCUT2D eigenvalue weighted by molar-refractivity contribution is 6.33. The maximum absolute atomic E-state index is 3.50. The van der Waals surface area contributed by atoms with Crippen molar-refractivity contribution in [3.63, 3.8) is 0 Å². The van der Waals surface area contributed by atoms with E-state index in [0.29, 0.717) is 0 Å². The molecular weight excluding hydrogens is 528 g/mol. The lowest BCUT2D eigenvalue weighted by Crippen LogP contribution is -2.10. The molecule has 0 radical (unpaired) electrons. The van der Waals surface area contributed by atoms with E-state index >= 15 is 0 Å². The number of benzene rings is 7. The monoisotopic (exact) mass is 564 g/mol. The van der Waals surface area contributed by atoms with E-state index in [9.17, 15) is 0 Å². The van der Waals surface area contributed by atoms with Gasteiger partial charge in [0.1, 0.15) is 0 Å². The van der Waals surface area contributed by atoms with Crippen LogP contribution in [-0.4, -0.2) is 0 Å². The normalized spacial score (nSPS) is 12.0. The molecule has 0 saturated heterocycles. The van der Waals surface area contributed by atoms with Crippen molar-refractivity contribution in [3.05, 3.63) is 143 Å². The highest BCUT2D eigenvalue weighted by Crippen LogP contribution is 2.41. The Labute approximate surface area is 261 Å². The second-order valence-corrected chi connectivity index (χ2v) is 13.9. The topological polar surface area (TPSA) is 0 Å². The zero-order chi connectivity index (χ0) is 30.6. The van der Waals surface area contributed by atoms with Crippen LogP contribution in [0.15, 0.2) is 109 Å². The zero-order valence-electron chi connectivity index (χ0n) is 26.4. The fourth-order valence-corrected chi connectivity index (χ4v) is 6.32. The summed E-state index contributed by atoms with van der Waals surface area (Å²) >= 11 is 0. The fraction of sp³-hybridized carbons (Fsp3) is 0.182. The molecule has 0 heterocycles. The summed E-state index contributed by atoms with van der Waals surface area (Å²) in [6.45, 7) is 13.4. The van der Waals surface area contributed by atoms with E-state index < -0.39 is 0 Å². The van der Waals surface area contributed by atoms with Crippen molar-refractivity contribution in [3.8, 4) is 23.7 Å². The molecule has 0 heteroatoms. The highest BCUT2D eigenvalue weighted by atomic mass is 14.2. The molecular formula is C44H36. The van der Waals surface area contributed by atoms with Crippen molar-refractivity contribution in [2.75, 3.05) is 0 Å². The maximum atomic E-state index is 3.50. The Morgan fingerprint density at radius 1 is 0.341 bits per heavy atom. The molecule has 0 aliphatic carbocycles. The van der Waals surface area contributed by atoms with Crippen LogP contribution in [0.1, 0.15) is 74.9 Å². The van der Waals surface area contributed by atoms with E-state index in [0.717, 1.165) is 22.3 Å². The summed E-state index contributed by atoms with van der Waals surface area (Å²) in [6, 6.07) is 39.5. The zero-order valence-corrected chi connectivity index (χ0v) is 26.4. The first-order valence-corrected chi connectivity index (χ1v) is 15.5. The standard InChI is InChI=1S/C44H36/c1-43(2,3)33-23-15-29(16-24-33)13-19-31-21-27-39-38-12-8-10-36-32(20-14-30-17-25-34(26-18-30)44(4,5)6)22-28-40(42(36)38)37-11-7-9-35(31)41(37)39/h7-12,15-18,21-28H,1-6H3. The van der Waals surface area contributed by atoms with Crippen molar-refractivity contribution in [2.24, 2.45) is 0 Å². The molecule has 0 N–H and O–H groups in total. The molecule has 44 heavy (non-hydrogen) atoms. The molecule has 0 aromatic heterocycles. The first-order valence-electron chi connectivity index (χ1n) is 15.5. The van der Waals surface area contributed by atoms with Crippen LogP contribution in [0.5, 0.6) is 0 Å². The predicted molar refractivity (Wildman–Crippen MR) is 190 cm³/mol. The van der Waals surface area contributed by atoms with E-state index in [1.54, 1.807) is 0 Å². The van der Waals surface area contributed by atoms with Gasteiger partial charge in [0.15, 0.2) is 0 Å². The summed E-state index contributed by atoms with van der Waals surface area (Å²) < 4.78 is 0. The molecule has 0 amide bonds. The second kappa shape index (κ2) is 10.3. The molecule has 7 aromatic carbocycles. The Morgan fingerprint density at radius 3 is 1.05 bits per heavy atom. The first-order chi connectivity index (χ1) is 21.1. The Kier molecular flexibility index (Phi) is 6.50. The predicted octanol–water partition coefficient (Wildman–Crippen LogP) is 11.1. The van der Waals surface area contributed by atoms with Gasteiger partial charge in [-0.1, -0.05) is 138 Å². The Hall–Kier alpha value is -5.04. The Morgan fingerprint density at radius 2 is 0.682 bits per heavy atom. The average Bonchev–Trinajstić information content (AvgIpc) is 3.01. The average molecular weight is 565 g/mol. The van der Waals surface area contributed by atoms with Crippen LogP contribution in [0.25, 0.3) is 43.1 Å². The van der Waals surface area contributed by atoms with Crippen molar-refractivity contribution in [1.29, 1.82) is 0 Å². The van der Waals surface area contributed by atoms with Crippen LogP contribution in [0, 0.1) is 23.7 Å². The van der Waals surface area contributed by atoms with Crippen LogP contribution >= 0.6 is 0 Å². The van der Waals surface area contributed by atoms with Crippen LogP contribution in [0.3, 0.4) is 0 Å². The van der Waals surface area contributed by atoms with E-state index in [1.165, 1.54) is 54.2 Å². The molecule has 0 aliphatic heterocycles. The molecule has 0 fully saturated rings. The molecule has 0 unspecified atom stereocenters. The van der Waals surface area contributed by atoms with Gasteiger partial charge in [0.05, 0.1) is 0 Å². The lowest BCUT2D eigenvalue weighted by atomic mass is 9.86. The summed E-state index contributed by atoms with van der Waals surface area (Å²) in [7, 11) is 0. The summed E-state index contributed by atoms with van der Waals surface area (Å²) in [4.78, 5) is 0. The van der Waals surface area contributed by atoms with Crippen molar-refractivity contribution >= 4 is 43.1 Å². The Bertz CT molecular complexity index is 2120. The number of hydrogen-bond acceptors (Lipinski definition) is 0. The SMILES string of the molecule is CC(C)(C)c1ccc(C#Cc2ccc3c4cccc5c(C#Cc6ccc(C(C)(C)C)cc6)ccc(c6cccc2c63)c54)cc1. The molecule has 0 spiro atoms. The third-order valence-electron chi connectivity index (χ3n) is 8.85. The smallest absolute Gasteiger partial charge is 0.0328 e. The van der Waals surface area contributed by atoms with Gasteiger partial charge in [-0.15, -0.1) is 0 Å². The van der Waals surface area contributed by atoms with E-state index in [4.69, 9.17) is 0 Å². The molecule has 212 valence electrons. The highest BCUT2D eigenvalue weighted by Gasteiger charge is 2.16. The van der Waals surface area contributed by atoms with Crippen molar-refractivity contribution in [2.45, 2.75) is 52.4 Å². The number of rotatable bonds is 0. The second-order valence-electron chi connectivity index (χ2n) is 13.9. The van der Waals surface area contributed by atoms with Gasteiger partial charge in [-0.05, 0) is 101 Å². The summed E-state index contributed by atoms with van der Waals surface area (Å²) in [5.74, 6) is 13.8. The van der Waals surface area contributed by atoms with Gasteiger partial charge in [-0.2, -0.15) is 0 Å². The first kappa shape index (κ1) is 27.8. The van der Waals surface area contributed by atoms with Crippen LogP contribution in [0.2, 0.25) is 0 Å². The van der Waals surface area contributed by atoms with Gasteiger partial charge >= 0.3 is 0 Å². The molecule has 0 atom stereocenters. The van der Waals surface area contributed by atoms with Crippen LogP contribution < -0.4 is 0 Å². The quantitative estimate of drug-likeness (QED) is 0.0976. The minimum atomic E-state index is 0.132. The summed E-state index contributed by atoms with van der Waals surface area (Å²) in [6.07, 6.45) is 0. The van der Waals surface area contributed by atoms with E-state index in [-0.39, 0.29) is 10.8 Å². The van der Waals surface area contributed by atoms with Gasteiger partial charge in [0.25, 0.3) is 0 Å². The van der Waals surface area contributed by atoms with E-state index in [2.05, 4.69) is 174 Å². The van der Waals surface area contributed by atoms with Gasteiger partial charge in [-0.3, -0.25) is 0 Å². The largest absolute Gasteiger partial charge is 0.0616 e. The molecule has 7 rings (SSSR count). The third-order valence-corrected chi connectivity index (χ3v) is 8.85. The molecule has 7 aromatic rings. The van der Waals surface area contributed by atoms with Crippen LogP contribution in [-0.2, 0) is 10.8 Å². The lowest BCUT2D eigenvalue weighted by Gasteiger charge is -2.18. The molecule has 0 aliphatic rings. The van der Waals surface area contributed by atoms with Gasteiger partial charge < -0.3 is 0 Å². The van der Waals surface area contributed by atoms with Gasteiger partial charge in [0.2, 0.25) is 0 Å². The number of hydrogen-bond donors (Lipinski definition) is 0. The third kappa shape index (κ3) is 4.88. The van der Waals surface area contributed by atoms with Crippen LogP contribution in [0.4, 0.5) is 0 Å². The minimum Gasteiger partial charge on any atom is -0.0616 e. The van der Waals surface area contributed by atoms with E-state index in [1.807, 2.05) is 0 Å². The van der Waals surface area contributed by atoms with Gasteiger partial charge in [0, 0.05) is 22.3 Å². The fourth-order valence-electron chi connectivity index (χ4n) is 6.32. The minimum absolute atomic E-state index is 0.132. The molecule has 0 nitrogen and oxygen atoms in total. The molecule has 0 saturated carbocycles. The maximum Gasteiger partial charge on any atom is 0.0328 e. The van der Waals surface area contributed by atoms with Crippen molar-refractivity contribution in [1.82, 2.24) is 0 Å². The lowest BCUT2D eigenvalue weighted by molar-refractivity contribution is 0.590. The Balaban J connectivity index is 1.34. The summed E-state index contributed by atoms with van der Waals surface area (Å²) in [5, 5.41) is 10.00. The molecule has 0 bridgehead atoms. The van der Waals surface area contributed by atoms with Gasteiger partial charge in [-0.25, -0.2) is 0 Å².